The average Bonchev–Trinajstić information content (AvgIpc) is 2.69. The lowest BCUT2D eigenvalue weighted by molar-refractivity contribution is -0.139. The van der Waals surface area contributed by atoms with Crippen LogP contribution in [-0.4, -0.2) is 28.3 Å². The Morgan fingerprint density at radius 2 is 2.25 bits per heavy atom. The molecule has 1 unspecified atom stereocenters. The summed E-state index contributed by atoms with van der Waals surface area (Å²) in [6, 6.07) is 7.76. The molecule has 1 aromatic heterocycles. The van der Waals surface area contributed by atoms with Gasteiger partial charge in [0, 0.05) is 0 Å². The number of thioether (sulfide) groups is 1. The fraction of sp³-hybridized carbons (Fsp3) is 0.273. The zero-order valence-electron chi connectivity index (χ0n) is 9.06. The number of rotatable bonds is 3. The third-order valence-electron chi connectivity index (χ3n) is 2.19. The van der Waals surface area contributed by atoms with Crippen LogP contribution in [0.1, 0.15) is 6.92 Å². The molecule has 0 aliphatic carbocycles. The molecule has 1 atom stereocenters. The molecule has 5 heteroatoms. The molecule has 1 aromatic carbocycles. The molecule has 0 spiro atoms. The topological polar surface area (TPSA) is 55.0 Å². The third-order valence-corrected chi connectivity index (χ3v) is 3.15. The molecular weight excluding hydrogens is 224 g/mol. The van der Waals surface area contributed by atoms with Gasteiger partial charge in [0.05, 0.1) is 18.1 Å². The van der Waals surface area contributed by atoms with E-state index in [4.69, 9.17) is 0 Å². The van der Waals surface area contributed by atoms with Gasteiger partial charge >= 0.3 is 5.97 Å². The van der Waals surface area contributed by atoms with E-state index < -0.39 is 0 Å². The van der Waals surface area contributed by atoms with E-state index >= 15 is 0 Å². The Balaban J connectivity index is 2.18. The van der Waals surface area contributed by atoms with Gasteiger partial charge < -0.3 is 9.72 Å². The monoisotopic (exact) mass is 236 g/mol. The first-order valence-electron chi connectivity index (χ1n) is 4.90. The maximum absolute atomic E-state index is 11.2. The van der Waals surface area contributed by atoms with Crippen LogP contribution in [0.2, 0.25) is 0 Å². The average molecular weight is 236 g/mol. The lowest BCUT2D eigenvalue weighted by Gasteiger charge is -2.05. The maximum atomic E-state index is 11.2. The van der Waals surface area contributed by atoms with Crippen molar-refractivity contribution in [2.45, 2.75) is 17.3 Å². The molecular formula is C11H12N2O2S. The summed E-state index contributed by atoms with van der Waals surface area (Å²) >= 11 is 1.36. The van der Waals surface area contributed by atoms with Gasteiger partial charge in [-0.25, -0.2) is 4.98 Å². The molecule has 2 rings (SSSR count). The summed E-state index contributed by atoms with van der Waals surface area (Å²) in [6.07, 6.45) is 0. The molecule has 0 radical (unpaired) electrons. The van der Waals surface area contributed by atoms with Crippen LogP contribution in [0, 0.1) is 0 Å². The van der Waals surface area contributed by atoms with E-state index in [0.717, 1.165) is 16.2 Å². The van der Waals surface area contributed by atoms with Crippen LogP contribution >= 0.6 is 11.8 Å². The number of carbonyl (C=O) groups excluding carboxylic acids is 1. The third kappa shape index (κ3) is 2.19. The van der Waals surface area contributed by atoms with Crippen LogP contribution in [0.25, 0.3) is 11.0 Å². The smallest absolute Gasteiger partial charge is 0.318 e. The largest absolute Gasteiger partial charge is 0.468 e. The van der Waals surface area contributed by atoms with Gasteiger partial charge in [0.15, 0.2) is 5.16 Å². The summed E-state index contributed by atoms with van der Waals surface area (Å²) in [5, 5.41) is 0.477. The van der Waals surface area contributed by atoms with Crippen molar-refractivity contribution in [1.82, 2.24) is 9.97 Å². The lowest BCUT2D eigenvalue weighted by atomic mass is 10.3. The van der Waals surface area contributed by atoms with Crippen molar-refractivity contribution in [2.75, 3.05) is 7.11 Å². The molecule has 0 saturated carbocycles. The Bertz CT molecular complexity index is 476. The van der Waals surface area contributed by atoms with Crippen LogP contribution in [0.15, 0.2) is 29.4 Å². The standard InChI is InChI=1S/C11H12N2O2S/c1-7(10(14)15-2)16-11-12-8-5-3-4-6-9(8)13-11/h3-7H,1-2H3,(H,12,13). The number of nitrogens with zero attached hydrogens (tertiary/aromatic N) is 1. The van der Waals surface area contributed by atoms with E-state index in [9.17, 15) is 4.79 Å². The zero-order valence-corrected chi connectivity index (χ0v) is 9.88. The number of fused-ring (bicyclic) bond motifs is 1. The Morgan fingerprint density at radius 1 is 1.50 bits per heavy atom. The van der Waals surface area contributed by atoms with Crippen LogP contribution in [0.3, 0.4) is 0 Å². The molecule has 1 N–H and O–H groups in total. The molecule has 4 nitrogen and oxygen atoms in total. The van der Waals surface area contributed by atoms with Gasteiger partial charge in [-0.3, -0.25) is 4.79 Å². The quantitative estimate of drug-likeness (QED) is 0.655. The number of esters is 1. The van der Waals surface area contributed by atoms with E-state index in [1.807, 2.05) is 24.3 Å². The van der Waals surface area contributed by atoms with Gasteiger partial charge in [-0.05, 0) is 19.1 Å². The minimum atomic E-state index is -0.259. The van der Waals surface area contributed by atoms with Crippen molar-refractivity contribution in [2.24, 2.45) is 0 Å². The summed E-state index contributed by atoms with van der Waals surface area (Å²) in [7, 11) is 1.39. The molecule has 0 bridgehead atoms. The summed E-state index contributed by atoms with van der Waals surface area (Å²) in [5.41, 5.74) is 1.88. The summed E-state index contributed by atoms with van der Waals surface area (Å²) in [4.78, 5) is 18.8. The molecule has 2 aromatic rings. The van der Waals surface area contributed by atoms with E-state index in [-0.39, 0.29) is 11.2 Å². The predicted octanol–water partition coefficient (Wildman–Crippen LogP) is 2.22. The van der Waals surface area contributed by atoms with Crippen LogP contribution in [0.5, 0.6) is 0 Å². The van der Waals surface area contributed by atoms with Crippen LogP contribution in [0.4, 0.5) is 0 Å². The summed E-state index contributed by atoms with van der Waals surface area (Å²) in [6.45, 7) is 1.80. The number of methoxy groups -OCH3 is 1. The van der Waals surface area contributed by atoms with E-state index in [1.165, 1.54) is 18.9 Å². The van der Waals surface area contributed by atoms with Gasteiger partial charge in [-0.1, -0.05) is 23.9 Å². The number of aromatic nitrogens is 2. The van der Waals surface area contributed by atoms with Crippen LogP contribution < -0.4 is 0 Å². The molecule has 0 fully saturated rings. The van der Waals surface area contributed by atoms with E-state index in [1.54, 1.807) is 6.92 Å². The number of ether oxygens (including phenoxy) is 1. The highest BCUT2D eigenvalue weighted by atomic mass is 32.2. The Morgan fingerprint density at radius 3 is 2.94 bits per heavy atom. The van der Waals surface area contributed by atoms with Gasteiger partial charge in [0.25, 0.3) is 0 Å². The van der Waals surface area contributed by atoms with Crippen molar-refractivity contribution >= 4 is 28.8 Å². The fourth-order valence-corrected chi connectivity index (χ4v) is 2.21. The highest BCUT2D eigenvalue weighted by Crippen LogP contribution is 2.23. The Kier molecular flexibility index (Phi) is 3.14. The second-order valence-electron chi connectivity index (χ2n) is 3.34. The van der Waals surface area contributed by atoms with E-state index in [0.29, 0.717) is 0 Å². The van der Waals surface area contributed by atoms with Crippen molar-refractivity contribution in [3.63, 3.8) is 0 Å². The number of benzene rings is 1. The van der Waals surface area contributed by atoms with Crippen molar-refractivity contribution in [1.29, 1.82) is 0 Å². The predicted molar refractivity (Wildman–Crippen MR) is 63.4 cm³/mol. The Labute approximate surface area is 97.4 Å². The first-order valence-corrected chi connectivity index (χ1v) is 5.78. The number of carbonyl (C=O) groups is 1. The second-order valence-corrected chi connectivity index (χ2v) is 4.67. The van der Waals surface area contributed by atoms with Gasteiger partial charge in [-0.15, -0.1) is 0 Å². The fourth-order valence-electron chi connectivity index (χ4n) is 1.37. The van der Waals surface area contributed by atoms with Crippen molar-refractivity contribution < 1.29 is 9.53 Å². The van der Waals surface area contributed by atoms with Crippen LogP contribution in [-0.2, 0) is 9.53 Å². The normalized spacial score (nSPS) is 12.6. The minimum absolute atomic E-state index is 0.245. The number of para-hydroxylation sites is 2. The number of imidazole rings is 1. The molecule has 16 heavy (non-hydrogen) atoms. The summed E-state index contributed by atoms with van der Waals surface area (Å²) in [5.74, 6) is -0.245. The molecule has 0 amide bonds. The maximum Gasteiger partial charge on any atom is 0.318 e. The van der Waals surface area contributed by atoms with Crippen molar-refractivity contribution in [3.8, 4) is 0 Å². The number of hydrogen-bond acceptors (Lipinski definition) is 4. The highest BCUT2D eigenvalue weighted by Gasteiger charge is 2.16. The minimum Gasteiger partial charge on any atom is -0.468 e. The number of hydrogen-bond donors (Lipinski definition) is 1. The molecule has 1 heterocycles. The van der Waals surface area contributed by atoms with E-state index in [2.05, 4.69) is 14.7 Å². The summed E-state index contributed by atoms with van der Waals surface area (Å²) < 4.78 is 4.66. The lowest BCUT2D eigenvalue weighted by Crippen LogP contribution is -2.14. The van der Waals surface area contributed by atoms with Gasteiger partial charge in [0.1, 0.15) is 5.25 Å². The Hall–Kier alpha value is -1.49. The van der Waals surface area contributed by atoms with Gasteiger partial charge in [-0.2, -0.15) is 0 Å². The number of H-pyrrole nitrogens is 1. The number of nitrogens with one attached hydrogen (secondary N) is 1. The first kappa shape index (κ1) is 11.0. The van der Waals surface area contributed by atoms with Gasteiger partial charge in [0.2, 0.25) is 0 Å². The second kappa shape index (κ2) is 4.57. The zero-order chi connectivity index (χ0) is 11.5. The molecule has 84 valence electrons. The molecule has 0 aliphatic heterocycles. The number of aromatic amines is 1. The van der Waals surface area contributed by atoms with Crippen molar-refractivity contribution in [3.05, 3.63) is 24.3 Å². The highest BCUT2D eigenvalue weighted by molar-refractivity contribution is 8.00. The first-order chi connectivity index (χ1) is 7.70. The molecule has 0 aliphatic rings. The SMILES string of the molecule is COC(=O)C(C)Sc1nc2ccccc2[nH]1. The molecule has 0 saturated heterocycles.